The number of nitrogens with two attached hydrogens (primary N) is 1. The Kier molecular flexibility index (Phi) is 4.34. The summed E-state index contributed by atoms with van der Waals surface area (Å²) in [6.45, 7) is 0.320. The van der Waals surface area contributed by atoms with Crippen LogP contribution in [-0.2, 0) is 4.79 Å². The fraction of sp³-hybridized carbons (Fsp3) is 0.143. The molecule has 0 aliphatic heterocycles. The molecule has 1 aromatic heterocycles. The molecule has 0 fully saturated rings. The van der Waals surface area contributed by atoms with Gasteiger partial charge in [-0.05, 0) is 18.2 Å². The Morgan fingerprint density at radius 1 is 1.26 bits per heavy atom. The quantitative estimate of drug-likeness (QED) is 0.859. The molecule has 1 amide bonds. The third-order valence-corrected chi connectivity index (χ3v) is 2.47. The molecule has 0 saturated heterocycles. The molecule has 98 valence electrons. The number of hydrogen-bond acceptors (Lipinski definition) is 4. The van der Waals surface area contributed by atoms with Gasteiger partial charge in [0.05, 0.1) is 30.6 Å². The van der Waals surface area contributed by atoms with Crippen LogP contribution < -0.4 is 15.8 Å². The average Bonchev–Trinajstić information content (AvgIpc) is 2.43. The molecule has 0 saturated carbocycles. The summed E-state index contributed by atoms with van der Waals surface area (Å²) in [6.07, 6.45) is 3.33. The van der Waals surface area contributed by atoms with Gasteiger partial charge in [0, 0.05) is 6.20 Å². The summed E-state index contributed by atoms with van der Waals surface area (Å²) >= 11 is 0. The van der Waals surface area contributed by atoms with Gasteiger partial charge in [0.25, 0.3) is 0 Å². The number of benzene rings is 1. The van der Waals surface area contributed by atoms with E-state index in [1.807, 2.05) is 30.3 Å². The van der Waals surface area contributed by atoms with Gasteiger partial charge in [0.1, 0.15) is 5.75 Å². The van der Waals surface area contributed by atoms with Crippen molar-refractivity contribution in [2.24, 2.45) is 0 Å². The number of amides is 1. The molecule has 0 aliphatic rings. The topological polar surface area (TPSA) is 77.2 Å². The van der Waals surface area contributed by atoms with E-state index in [0.29, 0.717) is 18.0 Å². The fourth-order valence-electron chi connectivity index (χ4n) is 1.51. The molecule has 2 aromatic rings. The lowest BCUT2D eigenvalue weighted by atomic mass is 10.3. The number of nitrogens with zero attached hydrogens (tertiary/aromatic N) is 1. The van der Waals surface area contributed by atoms with Crippen molar-refractivity contribution >= 4 is 17.3 Å². The predicted molar refractivity (Wildman–Crippen MR) is 73.8 cm³/mol. The number of nitrogen functional groups attached to an aromatic ring is 1. The van der Waals surface area contributed by atoms with Crippen LogP contribution in [0, 0.1) is 0 Å². The smallest absolute Gasteiger partial charge is 0.227 e. The number of hydrogen-bond donors (Lipinski definition) is 2. The van der Waals surface area contributed by atoms with Gasteiger partial charge >= 0.3 is 0 Å². The summed E-state index contributed by atoms with van der Waals surface area (Å²) in [7, 11) is 0. The summed E-state index contributed by atoms with van der Waals surface area (Å²) in [6, 6.07) is 11.0. The van der Waals surface area contributed by atoms with E-state index in [-0.39, 0.29) is 12.3 Å². The molecule has 0 unspecified atom stereocenters. The van der Waals surface area contributed by atoms with Gasteiger partial charge in [-0.2, -0.15) is 0 Å². The van der Waals surface area contributed by atoms with Crippen LogP contribution in [0.15, 0.2) is 48.8 Å². The largest absolute Gasteiger partial charge is 0.493 e. The number of para-hydroxylation sites is 1. The van der Waals surface area contributed by atoms with Gasteiger partial charge < -0.3 is 15.8 Å². The molecule has 0 bridgehead atoms. The highest BCUT2D eigenvalue weighted by Crippen LogP contribution is 2.15. The monoisotopic (exact) mass is 257 g/mol. The van der Waals surface area contributed by atoms with E-state index in [1.54, 1.807) is 12.3 Å². The number of aromatic nitrogens is 1. The molecule has 5 nitrogen and oxygen atoms in total. The first-order valence-electron chi connectivity index (χ1n) is 5.93. The van der Waals surface area contributed by atoms with Crippen molar-refractivity contribution in [3.63, 3.8) is 0 Å². The zero-order chi connectivity index (χ0) is 13.5. The van der Waals surface area contributed by atoms with Crippen molar-refractivity contribution in [2.75, 3.05) is 17.7 Å². The van der Waals surface area contributed by atoms with Gasteiger partial charge in [-0.15, -0.1) is 0 Å². The van der Waals surface area contributed by atoms with E-state index < -0.39 is 0 Å². The second-order valence-corrected chi connectivity index (χ2v) is 3.92. The lowest BCUT2D eigenvalue weighted by Crippen LogP contribution is -2.16. The standard InChI is InChI=1S/C14H15N3O2/c15-12-10-16-8-6-13(12)17-14(18)7-9-19-11-4-2-1-3-5-11/h1-6,8,10H,7,9,15H2,(H,16,17,18). The average molecular weight is 257 g/mol. The molecule has 1 heterocycles. The van der Waals surface area contributed by atoms with Gasteiger partial charge in [-0.25, -0.2) is 0 Å². The number of nitrogens with one attached hydrogen (secondary N) is 1. The third kappa shape index (κ3) is 3.99. The molecule has 3 N–H and O–H groups in total. The molecule has 5 heteroatoms. The highest BCUT2D eigenvalue weighted by Gasteiger charge is 2.05. The van der Waals surface area contributed by atoms with Crippen LogP contribution in [0.4, 0.5) is 11.4 Å². The zero-order valence-electron chi connectivity index (χ0n) is 10.4. The molecule has 0 aliphatic carbocycles. The molecule has 0 spiro atoms. The predicted octanol–water partition coefficient (Wildman–Crippen LogP) is 2.07. The van der Waals surface area contributed by atoms with E-state index in [9.17, 15) is 4.79 Å². The molecular formula is C14H15N3O2. The fourth-order valence-corrected chi connectivity index (χ4v) is 1.51. The summed E-state index contributed by atoms with van der Waals surface area (Å²) in [5.74, 6) is 0.604. The molecule has 0 radical (unpaired) electrons. The minimum atomic E-state index is -0.145. The normalized spacial score (nSPS) is 9.89. The van der Waals surface area contributed by atoms with Crippen molar-refractivity contribution in [1.29, 1.82) is 0 Å². The van der Waals surface area contributed by atoms with Gasteiger partial charge in [-0.3, -0.25) is 9.78 Å². The number of carbonyl (C=O) groups excluding carboxylic acids is 1. The Bertz CT molecular complexity index is 543. The van der Waals surface area contributed by atoms with Crippen LogP contribution in [-0.4, -0.2) is 17.5 Å². The van der Waals surface area contributed by atoms with Gasteiger partial charge in [-0.1, -0.05) is 18.2 Å². The van der Waals surface area contributed by atoms with E-state index in [0.717, 1.165) is 5.75 Å². The lowest BCUT2D eigenvalue weighted by Gasteiger charge is -2.08. The van der Waals surface area contributed by atoms with E-state index in [4.69, 9.17) is 10.5 Å². The minimum absolute atomic E-state index is 0.145. The van der Waals surface area contributed by atoms with Crippen LogP contribution >= 0.6 is 0 Å². The Morgan fingerprint density at radius 2 is 2.05 bits per heavy atom. The maximum absolute atomic E-state index is 11.7. The van der Waals surface area contributed by atoms with E-state index >= 15 is 0 Å². The van der Waals surface area contributed by atoms with Crippen molar-refractivity contribution in [3.05, 3.63) is 48.8 Å². The van der Waals surface area contributed by atoms with Crippen molar-refractivity contribution in [1.82, 2.24) is 4.98 Å². The maximum Gasteiger partial charge on any atom is 0.227 e. The first-order chi connectivity index (χ1) is 9.25. The summed E-state index contributed by atoms with van der Waals surface area (Å²) in [5.41, 5.74) is 6.69. The number of pyridine rings is 1. The highest BCUT2D eigenvalue weighted by molar-refractivity contribution is 5.93. The second kappa shape index (κ2) is 6.39. The number of anilines is 2. The summed E-state index contributed by atoms with van der Waals surface area (Å²) < 4.78 is 5.44. The highest BCUT2D eigenvalue weighted by atomic mass is 16.5. The Labute approximate surface area is 111 Å². The van der Waals surface area contributed by atoms with Crippen molar-refractivity contribution in [3.8, 4) is 5.75 Å². The van der Waals surface area contributed by atoms with Crippen LogP contribution in [0.25, 0.3) is 0 Å². The second-order valence-electron chi connectivity index (χ2n) is 3.92. The Balaban J connectivity index is 1.78. The number of carbonyl (C=O) groups is 1. The molecule has 2 rings (SSSR count). The van der Waals surface area contributed by atoms with Crippen molar-refractivity contribution in [2.45, 2.75) is 6.42 Å². The molecule has 1 aromatic carbocycles. The third-order valence-electron chi connectivity index (χ3n) is 2.47. The molecule has 19 heavy (non-hydrogen) atoms. The maximum atomic E-state index is 11.7. The van der Waals surface area contributed by atoms with Gasteiger partial charge in [0.2, 0.25) is 5.91 Å². The number of ether oxygens (including phenoxy) is 1. The number of rotatable bonds is 5. The molecular weight excluding hydrogens is 242 g/mol. The van der Waals surface area contributed by atoms with E-state index in [2.05, 4.69) is 10.3 Å². The van der Waals surface area contributed by atoms with Crippen molar-refractivity contribution < 1.29 is 9.53 Å². The van der Waals surface area contributed by atoms with Crippen LogP contribution in [0.3, 0.4) is 0 Å². The molecule has 0 atom stereocenters. The first kappa shape index (κ1) is 12.9. The van der Waals surface area contributed by atoms with E-state index in [1.165, 1.54) is 6.20 Å². The summed E-state index contributed by atoms with van der Waals surface area (Å²) in [4.78, 5) is 15.5. The lowest BCUT2D eigenvalue weighted by molar-refractivity contribution is -0.116. The first-order valence-corrected chi connectivity index (χ1v) is 5.93. The minimum Gasteiger partial charge on any atom is -0.493 e. The SMILES string of the molecule is Nc1cnccc1NC(=O)CCOc1ccccc1. The van der Waals surface area contributed by atoms with Crippen LogP contribution in [0.1, 0.15) is 6.42 Å². The van der Waals surface area contributed by atoms with Crippen LogP contribution in [0.5, 0.6) is 5.75 Å². The summed E-state index contributed by atoms with van der Waals surface area (Å²) in [5, 5.41) is 2.71. The Morgan fingerprint density at radius 3 is 2.79 bits per heavy atom. The van der Waals surface area contributed by atoms with Gasteiger partial charge in [0.15, 0.2) is 0 Å². The Hall–Kier alpha value is -2.56. The van der Waals surface area contributed by atoms with Crippen LogP contribution in [0.2, 0.25) is 0 Å². The zero-order valence-corrected chi connectivity index (χ0v) is 10.4.